The standard InChI is InChI=1S/C16H22IN3O/c1-15(2,3)16(21,10-20-12-18-11-19-20)9-8-13-4-6-14(17)7-5-13/h4-7,11-12,21H,8-10H2,1-3H3. The SMILES string of the molecule is CC(C)(C)C(O)(CCc1ccc(I)cc1)Cn1cncn1. The highest BCUT2D eigenvalue weighted by Gasteiger charge is 2.40. The summed E-state index contributed by atoms with van der Waals surface area (Å²) in [7, 11) is 0. The van der Waals surface area contributed by atoms with Gasteiger partial charge in [0.05, 0.1) is 12.1 Å². The van der Waals surface area contributed by atoms with Crippen molar-refractivity contribution in [3.63, 3.8) is 0 Å². The van der Waals surface area contributed by atoms with E-state index in [4.69, 9.17) is 0 Å². The molecule has 1 aromatic carbocycles. The minimum absolute atomic E-state index is 0.234. The number of rotatable bonds is 5. The average Bonchev–Trinajstić information content (AvgIpc) is 2.89. The predicted octanol–water partition coefficient (Wildman–Crippen LogP) is 3.29. The van der Waals surface area contributed by atoms with Gasteiger partial charge in [-0.2, -0.15) is 5.10 Å². The van der Waals surface area contributed by atoms with E-state index in [0.29, 0.717) is 13.0 Å². The molecule has 0 saturated heterocycles. The minimum Gasteiger partial charge on any atom is -0.387 e. The van der Waals surface area contributed by atoms with Crippen molar-refractivity contribution in [1.82, 2.24) is 14.8 Å². The van der Waals surface area contributed by atoms with E-state index in [1.807, 2.05) is 0 Å². The molecule has 0 aliphatic rings. The fourth-order valence-electron chi connectivity index (χ4n) is 2.28. The van der Waals surface area contributed by atoms with Gasteiger partial charge in [0.1, 0.15) is 12.7 Å². The fraction of sp³-hybridized carbons (Fsp3) is 0.500. The van der Waals surface area contributed by atoms with Crippen LogP contribution < -0.4 is 0 Å². The van der Waals surface area contributed by atoms with E-state index in [2.05, 4.69) is 77.7 Å². The lowest BCUT2D eigenvalue weighted by Gasteiger charge is -2.40. The molecule has 0 aliphatic carbocycles. The molecule has 2 rings (SSSR count). The Bertz CT molecular complexity index is 560. The van der Waals surface area contributed by atoms with Gasteiger partial charge < -0.3 is 5.11 Å². The molecule has 21 heavy (non-hydrogen) atoms. The largest absolute Gasteiger partial charge is 0.387 e. The molecule has 0 spiro atoms. The van der Waals surface area contributed by atoms with Gasteiger partial charge in [-0.3, -0.25) is 4.68 Å². The summed E-state index contributed by atoms with van der Waals surface area (Å²) in [5, 5.41) is 15.3. The number of nitrogens with zero attached hydrogens (tertiary/aromatic N) is 3. The third-order valence-corrected chi connectivity index (χ3v) is 4.75. The Labute approximate surface area is 139 Å². The zero-order valence-electron chi connectivity index (χ0n) is 12.8. The first-order chi connectivity index (χ1) is 9.80. The van der Waals surface area contributed by atoms with Crippen molar-refractivity contribution >= 4 is 22.6 Å². The van der Waals surface area contributed by atoms with Gasteiger partial charge in [-0.05, 0) is 58.5 Å². The molecular formula is C16H22IN3O. The maximum atomic E-state index is 11.1. The molecule has 0 radical (unpaired) electrons. The quantitative estimate of drug-likeness (QED) is 0.786. The average molecular weight is 399 g/mol. The Morgan fingerprint density at radius 1 is 1.19 bits per heavy atom. The lowest BCUT2D eigenvalue weighted by Crippen LogP contribution is -2.47. The van der Waals surface area contributed by atoms with Gasteiger partial charge >= 0.3 is 0 Å². The molecule has 1 unspecified atom stereocenters. The van der Waals surface area contributed by atoms with E-state index >= 15 is 0 Å². The predicted molar refractivity (Wildman–Crippen MR) is 91.9 cm³/mol. The Morgan fingerprint density at radius 3 is 2.38 bits per heavy atom. The minimum atomic E-state index is -0.830. The van der Waals surface area contributed by atoms with Crippen molar-refractivity contribution in [3.05, 3.63) is 46.1 Å². The fourth-order valence-corrected chi connectivity index (χ4v) is 2.64. The third kappa shape index (κ3) is 4.26. The molecule has 1 N–H and O–H groups in total. The van der Waals surface area contributed by atoms with Crippen molar-refractivity contribution in [1.29, 1.82) is 0 Å². The maximum Gasteiger partial charge on any atom is 0.137 e. The molecule has 0 saturated carbocycles. The monoisotopic (exact) mass is 399 g/mol. The first-order valence-electron chi connectivity index (χ1n) is 7.09. The summed E-state index contributed by atoms with van der Waals surface area (Å²) in [5.41, 5.74) is 0.183. The van der Waals surface area contributed by atoms with E-state index in [1.165, 1.54) is 15.5 Å². The van der Waals surface area contributed by atoms with Crippen LogP contribution in [0.25, 0.3) is 0 Å². The second-order valence-electron chi connectivity index (χ2n) is 6.50. The van der Waals surface area contributed by atoms with Gasteiger partial charge in [-0.15, -0.1) is 0 Å². The molecule has 0 bridgehead atoms. The number of benzene rings is 1. The maximum absolute atomic E-state index is 11.1. The summed E-state index contributed by atoms with van der Waals surface area (Å²) in [4.78, 5) is 3.96. The van der Waals surface area contributed by atoms with Crippen molar-refractivity contribution in [3.8, 4) is 0 Å². The van der Waals surface area contributed by atoms with Crippen LogP contribution in [0.4, 0.5) is 0 Å². The van der Waals surface area contributed by atoms with Crippen LogP contribution in [-0.2, 0) is 13.0 Å². The number of hydrogen-bond acceptors (Lipinski definition) is 3. The number of aliphatic hydroxyl groups is 1. The van der Waals surface area contributed by atoms with Crippen LogP contribution in [0.3, 0.4) is 0 Å². The van der Waals surface area contributed by atoms with Crippen molar-refractivity contribution in [2.24, 2.45) is 5.41 Å². The van der Waals surface area contributed by atoms with E-state index in [9.17, 15) is 5.11 Å². The first kappa shape index (κ1) is 16.4. The summed E-state index contributed by atoms with van der Waals surface area (Å²) in [5.74, 6) is 0. The van der Waals surface area contributed by atoms with E-state index in [-0.39, 0.29) is 5.41 Å². The molecule has 5 heteroatoms. The van der Waals surface area contributed by atoms with E-state index < -0.39 is 5.60 Å². The Balaban J connectivity index is 2.11. The van der Waals surface area contributed by atoms with Crippen LogP contribution in [-0.4, -0.2) is 25.5 Å². The molecular weight excluding hydrogens is 377 g/mol. The highest BCUT2D eigenvalue weighted by Crippen LogP contribution is 2.35. The molecule has 1 heterocycles. The molecule has 114 valence electrons. The number of halogens is 1. The van der Waals surface area contributed by atoms with Gasteiger partial charge in [-0.1, -0.05) is 32.9 Å². The summed E-state index contributed by atoms with van der Waals surface area (Å²) in [6.07, 6.45) is 4.69. The van der Waals surface area contributed by atoms with Gasteiger partial charge in [0.25, 0.3) is 0 Å². The smallest absolute Gasteiger partial charge is 0.137 e. The number of aromatic nitrogens is 3. The molecule has 0 amide bonds. The summed E-state index contributed by atoms with van der Waals surface area (Å²) < 4.78 is 2.93. The first-order valence-corrected chi connectivity index (χ1v) is 8.17. The molecule has 1 aromatic heterocycles. The third-order valence-electron chi connectivity index (χ3n) is 4.03. The van der Waals surface area contributed by atoms with Crippen LogP contribution in [0.5, 0.6) is 0 Å². The topological polar surface area (TPSA) is 50.9 Å². The van der Waals surface area contributed by atoms with Crippen molar-refractivity contribution in [2.75, 3.05) is 0 Å². The van der Waals surface area contributed by atoms with E-state index in [0.717, 1.165) is 6.42 Å². The molecule has 2 aromatic rings. The normalized spacial score (nSPS) is 14.9. The highest BCUT2D eigenvalue weighted by molar-refractivity contribution is 14.1. The van der Waals surface area contributed by atoms with Crippen LogP contribution in [0, 0.1) is 8.99 Å². The van der Waals surface area contributed by atoms with Gasteiger partial charge in [0.15, 0.2) is 0 Å². The van der Waals surface area contributed by atoms with E-state index in [1.54, 1.807) is 11.0 Å². The van der Waals surface area contributed by atoms with Crippen LogP contribution in [0.1, 0.15) is 32.8 Å². The Hall–Kier alpha value is -0.950. The lowest BCUT2D eigenvalue weighted by molar-refractivity contribution is -0.0796. The molecule has 0 aliphatic heterocycles. The van der Waals surface area contributed by atoms with Crippen molar-refractivity contribution in [2.45, 2.75) is 45.8 Å². The number of aryl methyl sites for hydroxylation is 1. The van der Waals surface area contributed by atoms with Crippen LogP contribution in [0.15, 0.2) is 36.9 Å². The molecule has 0 fully saturated rings. The Kier molecular flexibility index (Phi) is 5.03. The summed E-state index contributed by atoms with van der Waals surface area (Å²) in [6.45, 7) is 6.66. The molecule has 1 atom stereocenters. The Morgan fingerprint density at radius 2 is 1.86 bits per heavy atom. The number of hydrogen-bond donors (Lipinski definition) is 1. The summed E-state index contributed by atoms with van der Waals surface area (Å²) >= 11 is 2.30. The summed E-state index contributed by atoms with van der Waals surface area (Å²) in [6, 6.07) is 8.45. The zero-order chi connectivity index (χ0) is 15.5. The van der Waals surface area contributed by atoms with Crippen molar-refractivity contribution < 1.29 is 5.11 Å². The second-order valence-corrected chi connectivity index (χ2v) is 7.75. The van der Waals surface area contributed by atoms with Gasteiger partial charge in [-0.25, -0.2) is 4.98 Å². The highest BCUT2D eigenvalue weighted by atomic mass is 127. The van der Waals surface area contributed by atoms with Crippen LogP contribution in [0.2, 0.25) is 0 Å². The van der Waals surface area contributed by atoms with Gasteiger partial charge in [0, 0.05) is 3.57 Å². The van der Waals surface area contributed by atoms with Crippen LogP contribution >= 0.6 is 22.6 Å². The second kappa shape index (κ2) is 6.44. The molecule has 4 nitrogen and oxygen atoms in total. The zero-order valence-corrected chi connectivity index (χ0v) is 14.9. The lowest BCUT2D eigenvalue weighted by atomic mass is 9.73. The van der Waals surface area contributed by atoms with Gasteiger partial charge in [0.2, 0.25) is 0 Å².